The summed E-state index contributed by atoms with van der Waals surface area (Å²) in [6, 6.07) is 0.312. The van der Waals surface area contributed by atoms with Crippen LogP contribution in [0, 0.1) is 0 Å². The van der Waals surface area contributed by atoms with Gasteiger partial charge < -0.3 is 15.7 Å². The molecule has 1 fully saturated rings. The quantitative estimate of drug-likeness (QED) is 0.586. The molecule has 82 valence electrons. The van der Waals surface area contributed by atoms with E-state index in [0.29, 0.717) is 12.6 Å². The van der Waals surface area contributed by atoms with E-state index in [2.05, 4.69) is 10.6 Å². The van der Waals surface area contributed by atoms with Gasteiger partial charge in [-0.3, -0.25) is 4.79 Å². The highest BCUT2D eigenvalue weighted by Crippen LogP contribution is 2.30. The molecule has 0 heterocycles. The van der Waals surface area contributed by atoms with E-state index in [1.165, 1.54) is 0 Å². The Kier molecular flexibility index (Phi) is 3.89. The molecule has 0 aromatic heterocycles. The van der Waals surface area contributed by atoms with Crippen molar-refractivity contribution in [1.82, 2.24) is 10.6 Å². The van der Waals surface area contributed by atoms with Crippen LogP contribution in [0.25, 0.3) is 0 Å². The summed E-state index contributed by atoms with van der Waals surface area (Å²) in [6.07, 6.45) is 2.90. The maximum atomic E-state index is 11.4. The van der Waals surface area contributed by atoms with Crippen molar-refractivity contribution in [2.45, 2.75) is 44.7 Å². The maximum Gasteiger partial charge on any atom is 0.234 e. The van der Waals surface area contributed by atoms with Gasteiger partial charge in [0.15, 0.2) is 0 Å². The molecule has 0 aliphatic heterocycles. The lowest BCUT2D eigenvalue weighted by Crippen LogP contribution is -2.57. The number of rotatable bonds is 5. The fraction of sp³-hybridized carbons (Fsp3) is 0.900. The van der Waals surface area contributed by atoms with Gasteiger partial charge in [0.2, 0.25) is 5.91 Å². The van der Waals surface area contributed by atoms with Gasteiger partial charge >= 0.3 is 0 Å². The predicted molar refractivity (Wildman–Crippen MR) is 54.9 cm³/mol. The zero-order valence-electron chi connectivity index (χ0n) is 8.97. The third kappa shape index (κ3) is 2.96. The number of amides is 1. The van der Waals surface area contributed by atoms with Gasteiger partial charge in [-0.05, 0) is 19.3 Å². The molecule has 1 rings (SSSR count). The number of aliphatic hydroxyl groups is 1. The molecule has 0 aromatic carbocycles. The monoisotopic (exact) mass is 200 g/mol. The van der Waals surface area contributed by atoms with Crippen LogP contribution >= 0.6 is 0 Å². The number of hydrogen-bond donors (Lipinski definition) is 3. The standard InChI is InChI=1S/C10H20N2O2/c1-8(2)11-6-9(14)12-10(7-13)4-3-5-10/h8,11,13H,3-7H2,1-2H3,(H,12,14). The minimum absolute atomic E-state index is 0.0209. The van der Waals surface area contributed by atoms with Gasteiger partial charge in [0.25, 0.3) is 0 Å². The number of carbonyl (C=O) groups excluding carboxylic acids is 1. The van der Waals surface area contributed by atoms with E-state index in [0.717, 1.165) is 19.3 Å². The van der Waals surface area contributed by atoms with Crippen LogP contribution in [0.3, 0.4) is 0 Å². The van der Waals surface area contributed by atoms with E-state index in [4.69, 9.17) is 5.11 Å². The largest absolute Gasteiger partial charge is 0.394 e. The van der Waals surface area contributed by atoms with Crippen molar-refractivity contribution < 1.29 is 9.90 Å². The molecular weight excluding hydrogens is 180 g/mol. The molecule has 1 amide bonds. The Morgan fingerprint density at radius 1 is 1.50 bits per heavy atom. The van der Waals surface area contributed by atoms with Crippen LogP contribution in [0.1, 0.15) is 33.1 Å². The predicted octanol–water partition coefficient (Wildman–Crippen LogP) is 0.0156. The molecular formula is C10H20N2O2. The first kappa shape index (κ1) is 11.5. The summed E-state index contributed by atoms with van der Waals surface area (Å²) in [7, 11) is 0. The molecule has 0 atom stereocenters. The Balaban J connectivity index is 2.25. The topological polar surface area (TPSA) is 61.4 Å². The molecule has 0 radical (unpaired) electrons. The van der Waals surface area contributed by atoms with E-state index >= 15 is 0 Å². The summed E-state index contributed by atoms with van der Waals surface area (Å²) >= 11 is 0. The molecule has 1 saturated carbocycles. The molecule has 1 aliphatic rings. The number of nitrogens with one attached hydrogen (secondary N) is 2. The number of carbonyl (C=O) groups is 1. The van der Waals surface area contributed by atoms with Crippen molar-refractivity contribution in [2.75, 3.05) is 13.2 Å². The summed E-state index contributed by atoms with van der Waals surface area (Å²) in [4.78, 5) is 11.4. The molecule has 0 aromatic rings. The molecule has 3 N–H and O–H groups in total. The van der Waals surface area contributed by atoms with Crippen LogP contribution in [-0.2, 0) is 4.79 Å². The van der Waals surface area contributed by atoms with Gasteiger partial charge in [-0.1, -0.05) is 13.8 Å². The van der Waals surface area contributed by atoms with Gasteiger partial charge in [0.1, 0.15) is 0 Å². The minimum atomic E-state index is -0.310. The lowest BCUT2D eigenvalue weighted by Gasteiger charge is -2.41. The summed E-state index contributed by atoms with van der Waals surface area (Å²) in [5.74, 6) is -0.0209. The smallest absolute Gasteiger partial charge is 0.234 e. The van der Waals surface area contributed by atoms with E-state index in [1.54, 1.807) is 0 Å². The van der Waals surface area contributed by atoms with Gasteiger partial charge in [-0.15, -0.1) is 0 Å². The van der Waals surface area contributed by atoms with Crippen molar-refractivity contribution in [3.8, 4) is 0 Å². The fourth-order valence-corrected chi connectivity index (χ4v) is 1.56. The SMILES string of the molecule is CC(C)NCC(=O)NC1(CO)CCC1. The average Bonchev–Trinajstić information content (AvgIpc) is 2.08. The fourth-order valence-electron chi connectivity index (χ4n) is 1.56. The molecule has 4 nitrogen and oxygen atoms in total. The van der Waals surface area contributed by atoms with Gasteiger partial charge in [-0.25, -0.2) is 0 Å². The van der Waals surface area contributed by atoms with Crippen LogP contribution < -0.4 is 10.6 Å². The number of aliphatic hydroxyl groups excluding tert-OH is 1. The second kappa shape index (κ2) is 4.75. The van der Waals surface area contributed by atoms with Crippen LogP contribution in [0.2, 0.25) is 0 Å². The highest BCUT2D eigenvalue weighted by atomic mass is 16.3. The molecule has 0 saturated heterocycles. The van der Waals surface area contributed by atoms with Crippen LogP contribution in [0.15, 0.2) is 0 Å². The Labute approximate surface area is 85.1 Å². The summed E-state index contributed by atoms with van der Waals surface area (Å²) < 4.78 is 0. The van der Waals surface area contributed by atoms with Gasteiger partial charge in [0.05, 0.1) is 18.7 Å². The third-order valence-electron chi connectivity index (χ3n) is 2.69. The van der Waals surface area contributed by atoms with Crippen molar-refractivity contribution in [3.63, 3.8) is 0 Å². The van der Waals surface area contributed by atoms with Crippen molar-refractivity contribution in [2.24, 2.45) is 0 Å². The summed E-state index contributed by atoms with van der Waals surface area (Å²) in [6.45, 7) is 4.39. The molecule has 1 aliphatic carbocycles. The van der Waals surface area contributed by atoms with E-state index < -0.39 is 0 Å². The first-order valence-corrected chi connectivity index (χ1v) is 5.23. The molecule has 0 spiro atoms. The first-order chi connectivity index (χ1) is 6.58. The molecule has 0 bridgehead atoms. The first-order valence-electron chi connectivity index (χ1n) is 5.23. The van der Waals surface area contributed by atoms with Crippen LogP contribution in [0.4, 0.5) is 0 Å². The van der Waals surface area contributed by atoms with E-state index in [9.17, 15) is 4.79 Å². The zero-order valence-corrected chi connectivity index (χ0v) is 8.97. The molecule has 4 heteroatoms. The summed E-state index contributed by atoms with van der Waals surface area (Å²) in [5, 5.41) is 15.1. The second-order valence-electron chi connectivity index (χ2n) is 4.38. The van der Waals surface area contributed by atoms with Crippen LogP contribution in [-0.4, -0.2) is 35.7 Å². The third-order valence-corrected chi connectivity index (χ3v) is 2.69. The minimum Gasteiger partial charge on any atom is -0.394 e. The normalized spacial score (nSPS) is 19.1. The van der Waals surface area contributed by atoms with Gasteiger partial charge in [0, 0.05) is 6.04 Å². The van der Waals surface area contributed by atoms with Crippen molar-refractivity contribution in [3.05, 3.63) is 0 Å². The summed E-state index contributed by atoms with van der Waals surface area (Å²) in [5.41, 5.74) is -0.310. The lowest BCUT2D eigenvalue weighted by molar-refractivity contribution is -0.124. The Bertz CT molecular complexity index is 195. The lowest BCUT2D eigenvalue weighted by atomic mass is 9.77. The average molecular weight is 200 g/mol. The van der Waals surface area contributed by atoms with Crippen molar-refractivity contribution >= 4 is 5.91 Å². The second-order valence-corrected chi connectivity index (χ2v) is 4.38. The van der Waals surface area contributed by atoms with Gasteiger partial charge in [-0.2, -0.15) is 0 Å². The maximum absolute atomic E-state index is 11.4. The van der Waals surface area contributed by atoms with Crippen LogP contribution in [0.5, 0.6) is 0 Å². The zero-order chi connectivity index (χ0) is 10.6. The van der Waals surface area contributed by atoms with E-state index in [-0.39, 0.29) is 18.1 Å². The Hall–Kier alpha value is -0.610. The van der Waals surface area contributed by atoms with Crippen molar-refractivity contribution in [1.29, 1.82) is 0 Å². The number of hydrogen-bond acceptors (Lipinski definition) is 3. The Morgan fingerprint density at radius 2 is 2.14 bits per heavy atom. The Morgan fingerprint density at radius 3 is 2.50 bits per heavy atom. The highest BCUT2D eigenvalue weighted by molar-refractivity contribution is 5.79. The molecule has 14 heavy (non-hydrogen) atoms. The van der Waals surface area contributed by atoms with E-state index in [1.807, 2.05) is 13.8 Å². The highest BCUT2D eigenvalue weighted by Gasteiger charge is 2.37. The molecule has 0 unspecified atom stereocenters.